The Bertz CT molecular complexity index is 725. The number of rotatable bonds is 7. The van der Waals surface area contributed by atoms with Crippen LogP contribution < -0.4 is 15.0 Å². The molecular formula is C20H28N6O2. The van der Waals surface area contributed by atoms with Gasteiger partial charge in [-0.1, -0.05) is 0 Å². The molecule has 2 fully saturated rings. The molecule has 2 saturated heterocycles. The summed E-state index contributed by atoms with van der Waals surface area (Å²) in [6, 6.07) is 3.98. The fourth-order valence-corrected chi connectivity index (χ4v) is 3.64. The van der Waals surface area contributed by atoms with E-state index in [4.69, 9.17) is 9.47 Å². The summed E-state index contributed by atoms with van der Waals surface area (Å²) >= 11 is 0. The van der Waals surface area contributed by atoms with Gasteiger partial charge in [0, 0.05) is 69.9 Å². The minimum Gasteiger partial charge on any atom is -0.481 e. The van der Waals surface area contributed by atoms with Crippen LogP contribution >= 0.6 is 0 Å². The van der Waals surface area contributed by atoms with Crippen molar-refractivity contribution in [2.75, 3.05) is 56.7 Å². The van der Waals surface area contributed by atoms with Gasteiger partial charge in [0.15, 0.2) is 0 Å². The van der Waals surface area contributed by atoms with Crippen molar-refractivity contribution in [2.24, 2.45) is 0 Å². The van der Waals surface area contributed by atoms with Crippen LogP contribution in [-0.2, 0) is 11.3 Å². The fourth-order valence-electron chi connectivity index (χ4n) is 3.64. The average molecular weight is 384 g/mol. The van der Waals surface area contributed by atoms with E-state index in [2.05, 4.69) is 36.1 Å². The van der Waals surface area contributed by atoms with Crippen molar-refractivity contribution in [1.82, 2.24) is 19.9 Å². The molecule has 1 N–H and O–H groups in total. The van der Waals surface area contributed by atoms with Gasteiger partial charge in [-0.05, 0) is 18.9 Å². The van der Waals surface area contributed by atoms with Gasteiger partial charge >= 0.3 is 0 Å². The Labute approximate surface area is 165 Å². The van der Waals surface area contributed by atoms with E-state index in [1.165, 1.54) is 0 Å². The van der Waals surface area contributed by atoms with Gasteiger partial charge < -0.3 is 19.7 Å². The average Bonchev–Trinajstić information content (AvgIpc) is 3.28. The van der Waals surface area contributed by atoms with Crippen molar-refractivity contribution in [2.45, 2.75) is 25.5 Å². The van der Waals surface area contributed by atoms with E-state index in [9.17, 15) is 0 Å². The molecule has 2 aromatic rings. The molecule has 8 heteroatoms. The second-order valence-electron chi connectivity index (χ2n) is 7.25. The summed E-state index contributed by atoms with van der Waals surface area (Å²) < 4.78 is 10.7. The van der Waals surface area contributed by atoms with Crippen LogP contribution in [0.2, 0.25) is 0 Å². The molecule has 0 saturated carbocycles. The number of nitrogens with zero attached hydrogens (tertiary/aromatic N) is 5. The van der Waals surface area contributed by atoms with Crippen LogP contribution in [0.3, 0.4) is 0 Å². The molecule has 4 rings (SSSR count). The third kappa shape index (κ3) is 4.88. The Kier molecular flexibility index (Phi) is 6.18. The Morgan fingerprint density at radius 1 is 1.11 bits per heavy atom. The van der Waals surface area contributed by atoms with Crippen LogP contribution in [0.1, 0.15) is 18.4 Å². The number of hydrogen-bond donors (Lipinski definition) is 1. The largest absolute Gasteiger partial charge is 0.481 e. The molecule has 2 aliphatic rings. The summed E-state index contributed by atoms with van der Waals surface area (Å²) in [5, 5.41) is 3.27. The Morgan fingerprint density at radius 3 is 2.57 bits per heavy atom. The topological polar surface area (TPSA) is 75.6 Å². The minimum atomic E-state index is 0.292. The zero-order valence-electron chi connectivity index (χ0n) is 16.4. The number of piperazine rings is 1. The molecule has 0 bridgehead atoms. The van der Waals surface area contributed by atoms with Gasteiger partial charge in [-0.3, -0.25) is 4.90 Å². The zero-order valence-corrected chi connectivity index (χ0v) is 16.4. The van der Waals surface area contributed by atoms with Crippen LogP contribution in [-0.4, -0.2) is 72.4 Å². The first-order valence-electron chi connectivity index (χ1n) is 9.94. The SMILES string of the molecule is COc1ccc(N2CCN(Cc3cnc(NCC4CCCO4)nc3)CC2)cn1. The molecule has 0 spiro atoms. The lowest BCUT2D eigenvalue weighted by Gasteiger charge is -2.35. The van der Waals surface area contributed by atoms with Crippen LogP contribution in [0.25, 0.3) is 0 Å². The van der Waals surface area contributed by atoms with Gasteiger partial charge in [0.2, 0.25) is 11.8 Å². The first-order chi connectivity index (χ1) is 13.8. The minimum absolute atomic E-state index is 0.292. The molecule has 0 aromatic carbocycles. The number of anilines is 2. The first-order valence-corrected chi connectivity index (χ1v) is 9.94. The molecule has 8 nitrogen and oxygen atoms in total. The van der Waals surface area contributed by atoms with E-state index >= 15 is 0 Å². The number of ether oxygens (including phenoxy) is 2. The molecule has 2 aromatic heterocycles. The van der Waals surface area contributed by atoms with Crippen LogP contribution in [0, 0.1) is 0 Å². The van der Waals surface area contributed by atoms with Gasteiger partial charge in [-0.2, -0.15) is 0 Å². The van der Waals surface area contributed by atoms with E-state index in [0.717, 1.165) is 70.0 Å². The molecule has 2 aliphatic heterocycles. The van der Waals surface area contributed by atoms with E-state index in [1.54, 1.807) is 7.11 Å². The molecular weight excluding hydrogens is 356 g/mol. The van der Waals surface area contributed by atoms with E-state index < -0.39 is 0 Å². The molecule has 1 unspecified atom stereocenters. The van der Waals surface area contributed by atoms with E-state index in [1.807, 2.05) is 24.7 Å². The van der Waals surface area contributed by atoms with Gasteiger partial charge in [-0.25, -0.2) is 15.0 Å². The lowest BCUT2D eigenvalue weighted by molar-refractivity contribution is 0.120. The molecule has 0 aliphatic carbocycles. The van der Waals surface area contributed by atoms with Crippen LogP contribution in [0.15, 0.2) is 30.7 Å². The predicted molar refractivity (Wildman–Crippen MR) is 108 cm³/mol. The van der Waals surface area contributed by atoms with Crippen molar-refractivity contribution >= 4 is 11.6 Å². The lowest BCUT2D eigenvalue weighted by atomic mass is 10.2. The van der Waals surface area contributed by atoms with Crippen molar-refractivity contribution in [3.63, 3.8) is 0 Å². The smallest absolute Gasteiger partial charge is 0.222 e. The van der Waals surface area contributed by atoms with E-state index in [0.29, 0.717) is 17.9 Å². The maximum atomic E-state index is 5.61. The van der Waals surface area contributed by atoms with Crippen LogP contribution in [0.4, 0.5) is 11.6 Å². The lowest BCUT2D eigenvalue weighted by Crippen LogP contribution is -2.46. The zero-order chi connectivity index (χ0) is 19.2. The second-order valence-corrected chi connectivity index (χ2v) is 7.25. The molecule has 0 amide bonds. The number of nitrogens with one attached hydrogen (secondary N) is 1. The molecule has 150 valence electrons. The quantitative estimate of drug-likeness (QED) is 0.774. The van der Waals surface area contributed by atoms with Crippen LogP contribution in [0.5, 0.6) is 5.88 Å². The highest BCUT2D eigenvalue weighted by molar-refractivity contribution is 5.45. The summed E-state index contributed by atoms with van der Waals surface area (Å²) in [7, 11) is 1.64. The Morgan fingerprint density at radius 2 is 1.93 bits per heavy atom. The summed E-state index contributed by atoms with van der Waals surface area (Å²) in [5.74, 6) is 1.33. The Balaban J connectivity index is 1.22. The number of pyridine rings is 1. The van der Waals surface area contributed by atoms with Gasteiger partial charge in [0.25, 0.3) is 0 Å². The Hall–Kier alpha value is -2.45. The molecule has 1 atom stereocenters. The number of methoxy groups -OCH3 is 1. The monoisotopic (exact) mass is 384 g/mol. The van der Waals surface area contributed by atoms with Crippen molar-refractivity contribution in [3.8, 4) is 5.88 Å². The third-order valence-electron chi connectivity index (χ3n) is 5.29. The molecule has 4 heterocycles. The fraction of sp³-hybridized carbons (Fsp3) is 0.550. The summed E-state index contributed by atoms with van der Waals surface area (Å²) in [5.41, 5.74) is 2.28. The summed E-state index contributed by atoms with van der Waals surface area (Å²) in [4.78, 5) is 18.0. The van der Waals surface area contributed by atoms with Gasteiger partial charge in [0.1, 0.15) is 0 Å². The highest BCUT2D eigenvalue weighted by Crippen LogP contribution is 2.19. The number of hydrogen-bond acceptors (Lipinski definition) is 8. The maximum absolute atomic E-state index is 5.61. The second kappa shape index (κ2) is 9.16. The van der Waals surface area contributed by atoms with E-state index in [-0.39, 0.29) is 0 Å². The molecule has 28 heavy (non-hydrogen) atoms. The van der Waals surface area contributed by atoms with Crippen molar-refractivity contribution in [1.29, 1.82) is 0 Å². The predicted octanol–water partition coefficient (Wildman–Crippen LogP) is 1.79. The summed E-state index contributed by atoms with van der Waals surface area (Å²) in [6.45, 7) is 6.50. The van der Waals surface area contributed by atoms with Crippen molar-refractivity contribution < 1.29 is 9.47 Å². The standard InChI is InChI=1S/C20H28N6O2/c1-27-19-5-4-17(13-21-19)26-8-6-25(7-9-26)15-16-11-22-20(23-12-16)24-14-18-3-2-10-28-18/h4-5,11-13,18H,2-3,6-10,14-15H2,1H3,(H,22,23,24). The highest BCUT2D eigenvalue weighted by atomic mass is 16.5. The third-order valence-corrected chi connectivity index (χ3v) is 5.29. The first kappa shape index (κ1) is 18.9. The number of aromatic nitrogens is 3. The van der Waals surface area contributed by atoms with Gasteiger partial charge in [0.05, 0.1) is 25.1 Å². The summed E-state index contributed by atoms with van der Waals surface area (Å²) in [6.07, 6.45) is 8.28. The van der Waals surface area contributed by atoms with Gasteiger partial charge in [-0.15, -0.1) is 0 Å². The van der Waals surface area contributed by atoms with Crippen molar-refractivity contribution in [3.05, 3.63) is 36.3 Å². The highest BCUT2D eigenvalue weighted by Gasteiger charge is 2.18. The molecule has 0 radical (unpaired) electrons. The maximum Gasteiger partial charge on any atom is 0.222 e. The normalized spacial score (nSPS) is 20.3.